The Morgan fingerprint density at radius 2 is 1.86 bits per heavy atom. The van der Waals surface area contributed by atoms with Crippen LogP contribution >= 0.6 is 0 Å². The third kappa shape index (κ3) is 8.47. The lowest BCUT2D eigenvalue weighted by atomic mass is 10.1. The summed E-state index contributed by atoms with van der Waals surface area (Å²) in [6, 6.07) is 0.766. The van der Waals surface area contributed by atoms with Crippen molar-refractivity contribution in [2.24, 2.45) is 5.92 Å². The fourth-order valence-corrected chi connectivity index (χ4v) is 8.20. The summed E-state index contributed by atoms with van der Waals surface area (Å²) in [4.78, 5) is 61.0. The molecule has 2 aromatic rings. The topological polar surface area (TPSA) is 192 Å². The number of alkyl halides is 3. The Hall–Kier alpha value is -4.72. The van der Waals surface area contributed by atoms with Gasteiger partial charge in [-0.3, -0.25) is 19.1 Å². The van der Waals surface area contributed by atoms with E-state index < -0.39 is 91.9 Å². The van der Waals surface area contributed by atoms with Gasteiger partial charge < -0.3 is 34.5 Å². The second-order valence-electron chi connectivity index (χ2n) is 15.6. The van der Waals surface area contributed by atoms with Crippen LogP contribution in [0.4, 0.5) is 22.4 Å². The fraction of sp³-hybridized carbons (Fsp3) is 0.595. The number of nitrogens with zero attached hydrogens (tertiary/aromatic N) is 2. The molecule has 0 bridgehead atoms. The van der Waals surface area contributed by atoms with E-state index in [1.165, 1.54) is 39.3 Å². The van der Waals surface area contributed by atoms with Crippen LogP contribution in [0, 0.1) is 11.7 Å². The number of halogens is 4. The van der Waals surface area contributed by atoms with Gasteiger partial charge in [0, 0.05) is 36.6 Å². The van der Waals surface area contributed by atoms with E-state index in [9.17, 15) is 45.2 Å². The number of carbonyl (C=O) groups excluding carboxylic acids is 4. The van der Waals surface area contributed by atoms with E-state index in [1.807, 2.05) is 0 Å². The lowest BCUT2D eigenvalue weighted by Gasteiger charge is -2.33. The van der Waals surface area contributed by atoms with Gasteiger partial charge in [0.2, 0.25) is 33.3 Å². The zero-order valence-electron chi connectivity index (χ0n) is 31.9. The molecule has 2 aliphatic heterocycles. The Labute approximate surface area is 326 Å². The standard InChI is InChI=1S/C37H45F4N5O10S/c1-20-28(43-33(50)56-34(2,3)37(39,40)41)31(48)46-19-23(55-30-25-15-22(38)16-27(53-5)24(25)10-13-42-30)17-26(46)29(47)44-36(18-21(36)9-7-6-8-14-54-20)32(49)45-57(51,52)35(4)11-12-35/h7,9-10,13,15-16,20-21,23,26,28H,6,8,11-12,14,17-19H2,1-5H3,(H,43,50)(H,44,47)(H,45,49)/b9-7-/t20-,21+,23+,26-,28-,36+/m0/s1. The van der Waals surface area contributed by atoms with Crippen molar-refractivity contribution in [3.63, 3.8) is 0 Å². The molecule has 0 unspecified atom stereocenters. The van der Waals surface area contributed by atoms with E-state index >= 15 is 0 Å². The number of methoxy groups -OCH3 is 1. The molecular formula is C37H45F4N5O10S. The minimum absolute atomic E-state index is 0.0340. The molecule has 0 spiro atoms. The van der Waals surface area contributed by atoms with Crippen LogP contribution in [0.2, 0.25) is 0 Å². The first-order chi connectivity index (χ1) is 26.6. The molecule has 2 saturated carbocycles. The fourth-order valence-electron chi connectivity index (χ4n) is 6.88. The molecule has 6 rings (SSSR count). The number of aromatic nitrogens is 1. The van der Waals surface area contributed by atoms with Crippen LogP contribution in [0.5, 0.6) is 11.6 Å². The van der Waals surface area contributed by atoms with Crippen molar-refractivity contribution in [2.75, 3.05) is 20.3 Å². The molecule has 20 heteroatoms. The Morgan fingerprint density at radius 1 is 1.14 bits per heavy atom. The average molecular weight is 828 g/mol. The molecule has 57 heavy (non-hydrogen) atoms. The number of amides is 4. The quantitative estimate of drug-likeness (QED) is 0.259. The summed E-state index contributed by atoms with van der Waals surface area (Å²) in [5, 5.41) is 5.56. The minimum Gasteiger partial charge on any atom is -0.496 e. The summed E-state index contributed by atoms with van der Waals surface area (Å²) in [7, 11) is -2.76. The van der Waals surface area contributed by atoms with Gasteiger partial charge in [-0.15, -0.1) is 0 Å². The van der Waals surface area contributed by atoms with Crippen molar-refractivity contribution in [2.45, 2.75) is 113 Å². The van der Waals surface area contributed by atoms with Crippen LogP contribution in [0.15, 0.2) is 36.5 Å². The molecule has 312 valence electrons. The highest BCUT2D eigenvalue weighted by Crippen LogP contribution is 2.47. The van der Waals surface area contributed by atoms with Gasteiger partial charge in [-0.05, 0) is 71.9 Å². The maximum atomic E-state index is 14.6. The second-order valence-corrected chi connectivity index (χ2v) is 17.8. The summed E-state index contributed by atoms with van der Waals surface area (Å²) < 4.78 is 105. The van der Waals surface area contributed by atoms with Crippen molar-refractivity contribution < 1.29 is 64.1 Å². The number of fused-ring (bicyclic) bond motifs is 3. The summed E-state index contributed by atoms with van der Waals surface area (Å²) in [5.41, 5.74) is -4.65. The summed E-state index contributed by atoms with van der Waals surface area (Å²) in [6.45, 7) is 3.87. The number of hydrogen-bond acceptors (Lipinski definition) is 11. The number of ether oxygens (including phenoxy) is 4. The van der Waals surface area contributed by atoms with E-state index in [0.717, 1.165) is 4.90 Å². The lowest BCUT2D eigenvalue weighted by Crippen LogP contribution is -2.60. The van der Waals surface area contributed by atoms with Gasteiger partial charge in [-0.25, -0.2) is 22.6 Å². The van der Waals surface area contributed by atoms with Crippen molar-refractivity contribution >= 4 is 44.6 Å². The highest BCUT2D eigenvalue weighted by molar-refractivity contribution is 7.91. The van der Waals surface area contributed by atoms with Gasteiger partial charge in [0.15, 0.2) is 0 Å². The number of carbonyl (C=O) groups is 4. The highest BCUT2D eigenvalue weighted by Gasteiger charge is 2.63. The SMILES string of the molecule is COc1cc(F)cc2c(O[C@@H]3C[C@H]4C(=O)N[C@]5(C(=O)NS(=O)(=O)C6(C)CC6)C[C@H]5/C=C\CCCO[C@@H](C)[C@H](NC(=O)OC(C)(C)C(F)(F)F)C(=O)N4C3)nccc12. The van der Waals surface area contributed by atoms with Crippen LogP contribution in [-0.2, 0) is 33.9 Å². The summed E-state index contributed by atoms with van der Waals surface area (Å²) >= 11 is 0. The minimum atomic E-state index is -4.96. The average Bonchev–Trinajstić information content (AvgIpc) is 4.00. The molecule has 3 fully saturated rings. The van der Waals surface area contributed by atoms with Gasteiger partial charge in [-0.1, -0.05) is 12.2 Å². The molecule has 1 saturated heterocycles. The molecule has 6 atom stereocenters. The number of sulfonamides is 1. The van der Waals surface area contributed by atoms with E-state index in [1.54, 1.807) is 18.2 Å². The van der Waals surface area contributed by atoms with Gasteiger partial charge in [0.25, 0.3) is 5.91 Å². The zero-order chi connectivity index (χ0) is 41.7. The first-order valence-electron chi connectivity index (χ1n) is 18.4. The number of rotatable bonds is 8. The van der Waals surface area contributed by atoms with Crippen LogP contribution < -0.4 is 24.8 Å². The number of alkyl carbamates (subject to hydrolysis) is 1. The first kappa shape index (κ1) is 41.9. The number of allylic oxidation sites excluding steroid dienone is 1. The lowest BCUT2D eigenvalue weighted by molar-refractivity contribution is -0.244. The predicted molar refractivity (Wildman–Crippen MR) is 194 cm³/mol. The van der Waals surface area contributed by atoms with E-state index in [0.29, 0.717) is 44.9 Å². The zero-order valence-corrected chi connectivity index (χ0v) is 32.7. The van der Waals surface area contributed by atoms with Gasteiger partial charge >= 0.3 is 12.3 Å². The monoisotopic (exact) mass is 827 g/mol. The molecule has 3 heterocycles. The molecule has 4 aliphatic rings. The predicted octanol–water partition coefficient (Wildman–Crippen LogP) is 3.80. The van der Waals surface area contributed by atoms with Crippen LogP contribution in [0.3, 0.4) is 0 Å². The summed E-state index contributed by atoms with van der Waals surface area (Å²) in [5.74, 6) is -3.95. The van der Waals surface area contributed by atoms with Gasteiger partial charge in [0.05, 0.1) is 29.9 Å². The van der Waals surface area contributed by atoms with Gasteiger partial charge in [-0.2, -0.15) is 13.2 Å². The first-order valence-corrected chi connectivity index (χ1v) is 19.9. The molecule has 1 aromatic heterocycles. The number of nitrogens with one attached hydrogen (secondary N) is 3. The Balaban J connectivity index is 1.35. The normalized spacial score (nSPS) is 28.4. The number of pyridine rings is 1. The van der Waals surface area contributed by atoms with Crippen molar-refractivity contribution in [3.8, 4) is 11.6 Å². The highest BCUT2D eigenvalue weighted by atomic mass is 32.2. The van der Waals surface area contributed by atoms with Crippen LogP contribution in [-0.4, -0.2) is 109 Å². The number of hydrogen-bond donors (Lipinski definition) is 3. The third-order valence-electron chi connectivity index (χ3n) is 11.0. The van der Waals surface area contributed by atoms with E-state index in [-0.39, 0.29) is 43.0 Å². The number of benzene rings is 1. The van der Waals surface area contributed by atoms with Crippen molar-refractivity contribution in [3.05, 3.63) is 42.4 Å². The maximum absolute atomic E-state index is 14.6. The Kier molecular flexibility index (Phi) is 11.2. The largest absolute Gasteiger partial charge is 0.496 e. The maximum Gasteiger partial charge on any atom is 0.427 e. The van der Waals surface area contributed by atoms with Crippen LogP contribution in [0.1, 0.15) is 66.2 Å². The third-order valence-corrected chi connectivity index (χ3v) is 13.2. The molecular weight excluding hydrogens is 782 g/mol. The second kappa shape index (κ2) is 15.2. The van der Waals surface area contributed by atoms with Crippen molar-refractivity contribution in [1.29, 1.82) is 0 Å². The molecule has 4 amide bonds. The van der Waals surface area contributed by atoms with Crippen molar-refractivity contribution in [1.82, 2.24) is 25.2 Å². The Morgan fingerprint density at radius 3 is 2.53 bits per heavy atom. The smallest absolute Gasteiger partial charge is 0.427 e. The molecule has 2 aliphatic carbocycles. The molecule has 0 radical (unpaired) electrons. The van der Waals surface area contributed by atoms with Gasteiger partial charge in [0.1, 0.15) is 35.3 Å². The molecule has 1 aromatic carbocycles. The molecule has 3 N–H and O–H groups in total. The van der Waals surface area contributed by atoms with E-state index in [4.69, 9.17) is 18.9 Å². The summed E-state index contributed by atoms with van der Waals surface area (Å²) in [6.07, 6.45) is -2.63. The Bertz CT molecular complexity index is 2080. The molecule has 15 nitrogen and oxygen atoms in total. The van der Waals surface area contributed by atoms with Crippen LogP contribution in [0.25, 0.3) is 10.8 Å². The van der Waals surface area contributed by atoms with E-state index in [2.05, 4.69) is 20.3 Å².